The van der Waals surface area contributed by atoms with E-state index in [9.17, 15) is 4.39 Å². The van der Waals surface area contributed by atoms with Gasteiger partial charge < -0.3 is 10.3 Å². The van der Waals surface area contributed by atoms with Gasteiger partial charge >= 0.3 is 0 Å². The quantitative estimate of drug-likeness (QED) is 0.707. The van der Waals surface area contributed by atoms with Crippen LogP contribution in [0, 0.1) is 5.82 Å². The molecule has 3 rings (SSSR count). The van der Waals surface area contributed by atoms with Crippen molar-refractivity contribution in [3.05, 3.63) is 57.3 Å². The Hall–Kier alpha value is -1.59. The van der Waals surface area contributed by atoms with Gasteiger partial charge in [0.05, 0.1) is 21.5 Å². The summed E-state index contributed by atoms with van der Waals surface area (Å²) in [5.74, 6) is -0.0162. The van der Waals surface area contributed by atoms with Gasteiger partial charge in [-0.25, -0.2) is 9.37 Å². The van der Waals surface area contributed by atoms with E-state index in [4.69, 9.17) is 17.3 Å². The van der Waals surface area contributed by atoms with Crippen LogP contribution >= 0.6 is 27.5 Å². The molecule has 0 spiro atoms. The Balaban J connectivity index is 2.19. The molecule has 2 N–H and O–H groups in total. The Morgan fingerprint density at radius 3 is 2.81 bits per heavy atom. The highest BCUT2D eigenvalue weighted by Crippen LogP contribution is 2.31. The summed E-state index contributed by atoms with van der Waals surface area (Å²) in [5, 5.41) is 0.662. The van der Waals surface area contributed by atoms with Crippen molar-refractivity contribution in [1.82, 2.24) is 9.55 Å². The van der Waals surface area contributed by atoms with Crippen LogP contribution in [-0.4, -0.2) is 9.55 Å². The zero-order valence-corrected chi connectivity index (χ0v) is 13.5. The second-order valence-corrected chi connectivity index (χ2v) is 6.12. The number of rotatable bonds is 2. The Kier molecular flexibility index (Phi) is 3.63. The molecular formula is C15H12BrClFN3. The van der Waals surface area contributed by atoms with Gasteiger partial charge in [-0.1, -0.05) is 23.7 Å². The lowest BCUT2D eigenvalue weighted by molar-refractivity contribution is 0.622. The molecule has 6 heteroatoms. The lowest BCUT2D eigenvalue weighted by Crippen LogP contribution is -2.10. The second kappa shape index (κ2) is 5.31. The highest BCUT2D eigenvalue weighted by molar-refractivity contribution is 9.10. The number of aromatic nitrogens is 2. The van der Waals surface area contributed by atoms with E-state index in [1.54, 1.807) is 6.07 Å². The SMILES string of the molecule is CC(c1cccc(Cl)c1)n1c(N)nc2cc(F)c(Br)cc21. The van der Waals surface area contributed by atoms with E-state index in [-0.39, 0.29) is 11.9 Å². The van der Waals surface area contributed by atoms with Crippen molar-refractivity contribution >= 4 is 44.5 Å². The van der Waals surface area contributed by atoms with Crippen LogP contribution in [0.25, 0.3) is 11.0 Å². The summed E-state index contributed by atoms with van der Waals surface area (Å²) in [6.45, 7) is 2.00. The summed E-state index contributed by atoms with van der Waals surface area (Å²) in [6.07, 6.45) is 0. The van der Waals surface area contributed by atoms with Crippen LogP contribution in [0.5, 0.6) is 0 Å². The summed E-state index contributed by atoms with van der Waals surface area (Å²) < 4.78 is 15.9. The van der Waals surface area contributed by atoms with Crippen LogP contribution in [0.2, 0.25) is 5.02 Å². The van der Waals surface area contributed by atoms with E-state index in [0.29, 0.717) is 21.0 Å². The maximum Gasteiger partial charge on any atom is 0.201 e. The van der Waals surface area contributed by atoms with Crippen molar-refractivity contribution in [2.75, 3.05) is 5.73 Å². The van der Waals surface area contributed by atoms with Gasteiger partial charge in [0.1, 0.15) is 5.82 Å². The van der Waals surface area contributed by atoms with Gasteiger partial charge in [0, 0.05) is 11.1 Å². The molecule has 0 radical (unpaired) electrons. The minimum Gasteiger partial charge on any atom is -0.369 e. The average molecular weight is 369 g/mol. The molecule has 0 fully saturated rings. The summed E-state index contributed by atoms with van der Waals surface area (Å²) in [7, 11) is 0. The van der Waals surface area contributed by atoms with E-state index >= 15 is 0 Å². The third kappa shape index (κ3) is 2.51. The number of nitrogens with two attached hydrogens (primary N) is 1. The van der Waals surface area contributed by atoms with Gasteiger partial charge in [-0.2, -0.15) is 0 Å². The first-order valence-electron chi connectivity index (χ1n) is 6.35. The number of halogens is 3. The van der Waals surface area contributed by atoms with Crippen molar-refractivity contribution in [3.63, 3.8) is 0 Å². The summed E-state index contributed by atoms with van der Waals surface area (Å²) in [4.78, 5) is 4.23. The lowest BCUT2D eigenvalue weighted by atomic mass is 10.1. The lowest BCUT2D eigenvalue weighted by Gasteiger charge is -2.17. The normalized spacial score (nSPS) is 12.8. The molecule has 0 aliphatic carbocycles. The first kappa shape index (κ1) is 14.4. The molecule has 21 heavy (non-hydrogen) atoms. The number of nitrogens with zero attached hydrogens (tertiary/aromatic N) is 2. The molecule has 0 bridgehead atoms. The van der Waals surface area contributed by atoms with E-state index in [1.165, 1.54) is 6.07 Å². The van der Waals surface area contributed by atoms with Gasteiger partial charge in [0.2, 0.25) is 5.95 Å². The first-order chi connectivity index (χ1) is 9.97. The van der Waals surface area contributed by atoms with E-state index in [2.05, 4.69) is 20.9 Å². The van der Waals surface area contributed by atoms with Crippen LogP contribution < -0.4 is 5.73 Å². The maximum absolute atomic E-state index is 13.6. The monoisotopic (exact) mass is 367 g/mol. The molecule has 2 aromatic carbocycles. The standard InChI is InChI=1S/C15H12BrClFN3/c1-8(9-3-2-4-10(17)5-9)21-14-6-11(16)12(18)7-13(14)20-15(21)19/h2-8H,1H3,(H2,19,20). The van der Waals surface area contributed by atoms with Gasteiger partial charge in [-0.15, -0.1) is 0 Å². The van der Waals surface area contributed by atoms with Crippen LogP contribution in [0.1, 0.15) is 18.5 Å². The maximum atomic E-state index is 13.6. The van der Waals surface area contributed by atoms with Crippen molar-refractivity contribution in [2.45, 2.75) is 13.0 Å². The van der Waals surface area contributed by atoms with Gasteiger partial charge in [0.25, 0.3) is 0 Å². The highest BCUT2D eigenvalue weighted by Gasteiger charge is 2.17. The van der Waals surface area contributed by atoms with Crippen molar-refractivity contribution in [2.24, 2.45) is 0 Å². The largest absolute Gasteiger partial charge is 0.369 e. The van der Waals surface area contributed by atoms with Crippen LogP contribution in [0.4, 0.5) is 10.3 Å². The van der Waals surface area contributed by atoms with Crippen molar-refractivity contribution in [3.8, 4) is 0 Å². The fourth-order valence-electron chi connectivity index (χ4n) is 2.43. The highest BCUT2D eigenvalue weighted by atomic mass is 79.9. The van der Waals surface area contributed by atoms with E-state index < -0.39 is 0 Å². The Morgan fingerprint density at radius 2 is 2.10 bits per heavy atom. The molecule has 108 valence electrons. The molecule has 0 saturated carbocycles. The first-order valence-corrected chi connectivity index (χ1v) is 7.52. The van der Waals surface area contributed by atoms with Crippen LogP contribution in [0.3, 0.4) is 0 Å². The number of hydrogen-bond acceptors (Lipinski definition) is 2. The topological polar surface area (TPSA) is 43.8 Å². The molecule has 0 amide bonds. The molecule has 3 aromatic rings. The van der Waals surface area contributed by atoms with Gasteiger partial charge in [-0.05, 0) is 46.6 Å². The number of anilines is 1. The Morgan fingerprint density at radius 1 is 1.33 bits per heavy atom. The fourth-order valence-corrected chi connectivity index (χ4v) is 2.96. The molecular weight excluding hydrogens is 357 g/mol. The van der Waals surface area contributed by atoms with Gasteiger partial charge in [0.15, 0.2) is 0 Å². The van der Waals surface area contributed by atoms with E-state index in [0.717, 1.165) is 11.1 Å². The smallest absolute Gasteiger partial charge is 0.201 e. The molecule has 3 nitrogen and oxygen atoms in total. The number of nitrogen functional groups attached to an aromatic ring is 1. The van der Waals surface area contributed by atoms with E-state index in [1.807, 2.05) is 35.8 Å². The van der Waals surface area contributed by atoms with Crippen LogP contribution in [-0.2, 0) is 0 Å². The Labute approximate surface area is 134 Å². The average Bonchev–Trinajstić information content (AvgIpc) is 2.74. The number of imidazole rings is 1. The predicted octanol–water partition coefficient (Wildman–Crippen LogP) is 4.78. The van der Waals surface area contributed by atoms with Gasteiger partial charge in [-0.3, -0.25) is 0 Å². The third-order valence-electron chi connectivity index (χ3n) is 3.48. The summed E-state index contributed by atoms with van der Waals surface area (Å²) >= 11 is 9.24. The molecule has 1 heterocycles. The minimum absolute atomic E-state index is 0.0638. The third-order valence-corrected chi connectivity index (χ3v) is 4.32. The fraction of sp³-hybridized carbons (Fsp3) is 0.133. The summed E-state index contributed by atoms with van der Waals surface area (Å²) in [5.41, 5.74) is 8.32. The number of hydrogen-bond donors (Lipinski definition) is 1. The summed E-state index contributed by atoms with van der Waals surface area (Å²) in [6, 6.07) is 10.6. The van der Waals surface area contributed by atoms with Crippen molar-refractivity contribution < 1.29 is 4.39 Å². The number of benzene rings is 2. The predicted molar refractivity (Wildman–Crippen MR) is 87.1 cm³/mol. The van der Waals surface area contributed by atoms with Crippen molar-refractivity contribution in [1.29, 1.82) is 0 Å². The number of fused-ring (bicyclic) bond motifs is 1. The molecule has 1 unspecified atom stereocenters. The second-order valence-electron chi connectivity index (χ2n) is 4.83. The molecule has 0 saturated heterocycles. The molecule has 0 aliphatic heterocycles. The molecule has 1 aromatic heterocycles. The molecule has 0 aliphatic rings. The van der Waals surface area contributed by atoms with Crippen LogP contribution in [0.15, 0.2) is 40.9 Å². The minimum atomic E-state index is -0.359. The Bertz CT molecular complexity index is 831. The molecule has 1 atom stereocenters. The zero-order chi connectivity index (χ0) is 15.1. The zero-order valence-electron chi connectivity index (χ0n) is 11.1.